The SMILES string of the molecule is NC(=O)c1cccc(CCNC(=O)c2cc(=O)[nH]c3ccc(S(=O)(=O)N4CCOCC4)cc23)c1. The maximum Gasteiger partial charge on any atom is 0.252 e. The number of pyridine rings is 1. The van der Waals surface area contributed by atoms with Gasteiger partial charge in [0.1, 0.15) is 0 Å². The quantitative estimate of drug-likeness (QED) is 0.447. The molecule has 0 bridgehead atoms. The number of aromatic amines is 1. The maximum atomic E-state index is 13.0. The summed E-state index contributed by atoms with van der Waals surface area (Å²) in [4.78, 5) is 39.1. The number of benzene rings is 2. The monoisotopic (exact) mass is 484 g/mol. The van der Waals surface area contributed by atoms with Gasteiger partial charge in [0, 0.05) is 42.2 Å². The third kappa shape index (κ3) is 5.01. The average Bonchev–Trinajstić information content (AvgIpc) is 2.83. The highest BCUT2D eigenvalue weighted by Crippen LogP contribution is 2.23. The van der Waals surface area contributed by atoms with Gasteiger partial charge in [-0.2, -0.15) is 4.31 Å². The lowest BCUT2D eigenvalue weighted by Crippen LogP contribution is -2.40. The molecule has 10 nitrogen and oxygen atoms in total. The largest absolute Gasteiger partial charge is 0.379 e. The number of aromatic nitrogens is 1. The third-order valence-corrected chi connectivity index (χ3v) is 7.47. The predicted molar refractivity (Wildman–Crippen MR) is 125 cm³/mol. The van der Waals surface area contributed by atoms with E-state index in [9.17, 15) is 22.8 Å². The van der Waals surface area contributed by atoms with Crippen LogP contribution in [0.5, 0.6) is 0 Å². The Morgan fingerprint density at radius 2 is 1.85 bits per heavy atom. The standard InChI is InChI=1S/C23H24N4O6S/c24-22(29)16-3-1-2-15(12-16)6-7-25-23(30)19-14-21(28)26-20-5-4-17(13-18(19)20)34(31,32)27-8-10-33-11-9-27/h1-5,12-14H,6-11H2,(H2,24,29)(H,25,30)(H,26,28). The molecule has 34 heavy (non-hydrogen) atoms. The van der Waals surface area contributed by atoms with Crippen LogP contribution in [0, 0.1) is 0 Å². The fourth-order valence-electron chi connectivity index (χ4n) is 3.81. The summed E-state index contributed by atoms with van der Waals surface area (Å²) >= 11 is 0. The van der Waals surface area contributed by atoms with E-state index in [2.05, 4.69) is 10.3 Å². The van der Waals surface area contributed by atoms with Crippen molar-refractivity contribution in [2.45, 2.75) is 11.3 Å². The van der Waals surface area contributed by atoms with E-state index in [0.717, 1.165) is 11.6 Å². The van der Waals surface area contributed by atoms with Gasteiger partial charge in [0.25, 0.3) is 5.91 Å². The predicted octanol–water partition coefficient (Wildman–Crippen LogP) is 0.620. The van der Waals surface area contributed by atoms with Crippen molar-refractivity contribution in [1.82, 2.24) is 14.6 Å². The molecular formula is C23H24N4O6S. The number of sulfonamides is 1. The van der Waals surface area contributed by atoms with Crippen molar-refractivity contribution in [3.8, 4) is 0 Å². The topological polar surface area (TPSA) is 152 Å². The van der Waals surface area contributed by atoms with Gasteiger partial charge in [-0.15, -0.1) is 0 Å². The highest BCUT2D eigenvalue weighted by molar-refractivity contribution is 7.89. The molecule has 178 valence electrons. The minimum absolute atomic E-state index is 0.0336. The first-order chi connectivity index (χ1) is 16.3. The first-order valence-electron chi connectivity index (χ1n) is 10.7. The van der Waals surface area contributed by atoms with E-state index in [1.807, 2.05) is 6.07 Å². The van der Waals surface area contributed by atoms with E-state index in [1.54, 1.807) is 18.2 Å². The highest BCUT2D eigenvalue weighted by atomic mass is 32.2. The van der Waals surface area contributed by atoms with E-state index in [4.69, 9.17) is 10.5 Å². The molecular weight excluding hydrogens is 460 g/mol. The number of hydrogen-bond acceptors (Lipinski definition) is 6. The molecule has 0 saturated carbocycles. The molecule has 4 N–H and O–H groups in total. The van der Waals surface area contributed by atoms with Gasteiger partial charge in [0.05, 0.1) is 23.7 Å². The molecule has 2 amide bonds. The van der Waals surface area contributed by atoms with Gasteiger partial charge in [-0.3, -0.25) is 14.4 Å². The number of amides is 2. The van der Waals surface area contributed by atoms with Gasteiger partial charge in [-0.05, 0) is 42.3 Å². The van der Waals surface area contributed by atoms with Crippen molar-refractivity contribution in [1.29, 1.82) is 0 Å². The highest BCUT2D eigenvalue weighted by Gasteiger charge is 2.27. The van der Waals surface area contributed by atoms with Crippen LogP contribution in [0.2, 0.25) is 0 Å². The Bertz CT molecular complexity index is 1410. The molecule has 0 atom stereocenters. The smallest absolute Gasteiger partial charge is 0.252 e. The second-order valence-corrected chi connectivity index (χ2v) is 9.78. The molecule has 1 aromatic heterocycles. The summed E-state index contributed by atoms with van der Waals surface area (Å²) in [7, 11) is -3.78. The number of H-pyrrole nitrogens is 1. The molecule has 2 aromatic carbocycles. The van der Waals surface area contributed by atoms with Gasteiger partial charge >= 0.3 is 0 Å². The Labute approximate surface area is 195 Å². The minimum atomic E-state index is -3.78. The van der Waals surface area contributed by atoms with Crippen molar-refractivity contribution in [3.63, 3.8) is 0 Å². The van der Waals surface area contributed by atoms with Crippen LogP contribution < -0.4 is 16.6 Å². The maximum absolute atomic E-state index is 13.0. The van der Waals surface area contributed by atoms with E-state index in [0.29, 0.717) is 36.1 Å². The van der Waals surface area contributed by atoms with Crippen LogP contribution in [-0.2, 0) is 21.2 Å². The number of carbonyl (C=O) groups excluding carboxylic acids is 2. The molecule has 11 heteroatoms. The van der Waals surface area contributed by atoms with E-state index >= 15 is 0 Å². The minimum Gasteiger partial charge on any atom is -0.379 e. The zero-order valence-electron chi connectivity index (χ0n) is 18.2. The van der Waals surface area contributed by atoms with Gasteiger partial charge < -0.3 is 20.8 Å². The zero-order chi connectivity index (χ0) is 24.3. The summed E-state index contributed by atoms with van der Waals surface area (Å²) in [6.07, 6.45) is 0.435. The summed E-state index contributed by atoms with van der Waals surface area (Å²) in [5.74, 6) is -1.05. The number of rotatable bonds is 7. The molecule has 1 saturated heterocycles. The van der Waals surface area contributed by atoms with Crippen LogP contribution in [0.25, 0.3) is 10.9 Å². The zero-order valence-corrected chi connectivity index (χ0v) is 19.1. The van der Waals surface area contributed by atoms with Crippen molar-refractivity contribution in [3.05, 3.63) is 75.6 Å². The lowest BCUT2D eigenvalue weighted by molar-refractivity contribution is 0.0730. The van der Waals surface area contributed by atoms with Crippen LogP contribution in [0.4, 0.5) is 0 Å². The van der Waals surface area contributed by atoms with Crippen LogP contribution in [0.3, 0.4) is 0 Å². The summed E-state index contributed by atoms with van der Waals surface area (Å²) in [5, 5.41) is 3.07. The number of nitrogens with two attached hydrogens (primary N) is 1. The molecule has 1 fully saturated rings. The lowest BCUT2D eigenvalue weighted by atomic mass is 10.1. The van der Waals surface area contributed by atoms with Crippen molar-refractivity contribution >= 4 is 32.7 Å². The van der Waals surface area contributed by atoms with Gasteiger partial charge in [-0.25, -0.2) is 8.42 Å². The second kappa shape index (κ2) is 9.75. The summed E-state index contributed by atoms with van der Waals surface area (Å²) in [6, 6.07) is 12.2. The molecule has 4 rings (SSSR count). The summed E-state index contributed by atoms with van der Waals surface area (Å²) in [5.41, 5.74) is 6.44. The van der Waals surface area contributed by atoms with E-state index < -0.39 is 27.4 Å². The lowest BCUT2D eigenvalue weighted by Gasteiger charge is -2.26. The number of hydrogen-bond donors (Lipinski definition) is 3. The van der Waals surface area contributed by atoms with Crippen molar-refractivity contribution in [2.75, 3.05) is 32.8 Å². The first-order valence-corrected chi connectivity index (χ1v) is 12.1. The number of morpholine rings is 1. The molecule has 1 aliphatic rings. The van der Waals surface area contributed by atoms with Gasteiger partial charge in [0.2, 0.25) is 21.5 Å². The van der Waals surface area contributed by atoms with Crippen LogP contribution in [0.1, 0.15) is 26.3 Å². The molecule has 2 heterocycles. The third-order valence-electron chi connectivity index (χ3n) is 5.58. The first kappa shape index (κ1) is 23.6. The Balaban J connectivity index is 1.58. The number of carbonyl (C=O) groups is 2. The van der Waals surface area contributed by atoms with Gasteiger partial charge in [-0.1, -0.05) is 12.1 Å². The molecule has 0 aliphatic carbocycles. The van der Waals surface area contributed by atoms with Crippen molar-refractivity contribution < 1.29 is 22.7 Å². The normalized spacial score (nSPS) is 14.7. The Morgan fingerprint density at radius 1 is 1.09 bits per heavy atom. The summed E-state index contributed by atoms with van der Waals surface area (Å²) in [6.45, 7) is 1.36. The molecule has 1 aliphatic heterocycles. The fourth-order valence-corrected chi connectivity index (χ4v) is 5.25. The number of ether oxygens (including phenoxy) is 1. The number of primary amides is 1. The number of fused-ring (bicyclic) bond motifs is 1. The average molecular weight is 485 g/mol. The van der Waals surface area contributed by atoms with Crippen LogP contribution in [0.15, 0.2) is 58.2 Å². The Hall–Kier alpha value is -3.54. The number of nitrogens with one attached hydrogen (secondary N) is 2. The van der Waals surface area contributed by atoms with Crippen LogP contribution in [-0.4, -0.2) is 62.4 Å². The fraction of sp³-hybridized carbons (Fsp3) is 0.261. The Kier molecular flexibility index (Phi) is 6.77. The molecule has 0 unspecified atom stereocenters. The molecule has 0 radical (unpaired) electrons. The molecule has 3 aromatic rings. The number of nitrogens with zero attached hydrogens (tertiary/aromatic N) is 1. The van der Waals surface area contributed by atoms with E-state index in [-0.39, 0.29) is 30.1 Å². The van der Waals surface area contributed by atoms with Crippen molar-refractivity contribution in [2.24, 2.45) is 5.73 Å². The van der Waals surface area contributed by atoms with E-state index in [1.165, 1.54) is 22.5 Å². The Morgan fingerprint density at radius 3 is 2.59 bits per heavy atom. The second-order valence-electron chi connectivity index (χ2n) is 7.84. The van der Waals surface area contributed by atoms with Gasteiger partial charge in [0.15, 0.2) is 0 Å². The van der Waals surface area contributed by atoms with Crippen LogP contribution >= 0.6 is 0 Å². The molecule has 0 spiro atoms. The summed E-state index contributed by atoms with van der Waals surface area (Å²) < 4.78 is 32.7.